The first-order chi connectivity index (χ1) is 11.9. The van der Waals surface area contributed by atoms with Gasteiger partial charge in [-0.1, -0.05) is 6.58 Å². The van der Waals surface area contributed by atoms with Crippen LogP contribution >= 0.6 is 0 Å². The molecule has 132 valence electrons. The number of likely N-dealkylation sites (N-methyl/N-ethyl adjacent to an activating group) is 1. The maximum absolute atomic E-state index is 12.7. The van der Waals surface area contributed by atoms with E-state index in [1.165, 1.54) is 0 Å². The van der Waals surface area contributed by atoms with Crippen molar-refractivity contribution in [3.05, 3.63) is 35.9 Å². The van der Waals surface area contributed by atoms with Crippen molar-refractivity contribution in [1.82, 2.24) is 0 Å². The summed E-state index contributed by atoms with van der Waals surface area (Å²) in [6, 6.07) is 3.33. The van der Waals surface area contributed by atoms with Gasteiger partial charge >= 0.3 is 0 Å². The molecule has 2 N–H and O–H groups in total. The minimum Gasteiger partial charge on any atom is -0.508 e. The molecule has 5 atom stereocenters. The van der Waals surface area contributed by atoms with E-state index in [4.69, 9.17) is 4.74 Å². The number of aliphatic hydroxyl groups is 1. The Morgan fingerprint density at radius 1 is 1.44 bits per heavy atom. The Labute approximate surface area is 147 Å². The SMILES string of the molecule is C=CC[N+]1(C)CC[C@@]23c4c5ccc(O)c4CC1C2(O)CCC(=O)C3O5. The third-order valence-electron chi connectivity index (χ3n) is 7.47. The van der Waals surface area contributed by atoms with E-state index in [-0.39, 0.29) is 17.6 Å². The average Bonchev–Trinajstić information content (AvgIpc) is 2.91. The quantitative estimate of drug-likeness (QED) is 0.631. The zero-order valence-corrected chi connectivity index (χ0v) is 14.5. The van der Waals surface area contributed by atoms with Crippen LogP contribution in [0.25, 0.3) is 0 Å². The second kappa shape index (κ2) is 4.46. The minimum absolute atomic E-state index is 0.0757. The van der Waals surface area contributed by atoms with Crippen molar-refractivity contribution in [2.45, 2.75) is 48.8 Å². The molecule has 1 saturated carbocycles. The first-order valence-electron chi connectivity index (χ1n) is 9.09. The zero-order valence-electron chi connectivity index (χ0n) is 14.5. The predicted octanol–water partition coefficient (Wildman–Crippen LogP) is 1.45. The van der Waals surface area contributed by atoms with Gasteiger partial charge in [-0.2, -0.15) is 0 Å². The van der Waals surface area contributed by atoms with Gasteiger partial charge in [0.15, 0.2) is 11.9 Å². The molecule has 0 radical (unpaired) electrons. The van der Waals surface area contributed by atoms with Crippen molar-refractivity contribution in [3.8, 4) is 11.5 Å². The van der Waals surface area contributed by atoms with Crippen molar-refractivity contribution >= 4 is 5.78 Å². The Bertz CT molecular complexity index is 820. The number of aromatic hydroxyl groups is 1. The van der Waals surface area contributed by atoms with Crippen LogP contribution < -0.4 is 4.74 Å². The summed E-state index contributed by atoms with van der Waals surface area (Å²) in [5.41, 5.74) is 0.0490. The first kappa shape index (κ1) is 15.4. The summed E-state index contributed by atoms with van der Waals surface area (Å²) in [5.74, 6) is 0.996. The van der Waals surface area contributed by atoms with Gasteiger partial charge in [-0.25, -0.2) is 0 Å². The summed E-state index contributed by atoms with van der Waals surface area (Å²) in [7, 11) is 2.16. The number of phenols is 1. The Balaban J connectivity index is 1.83. The number of hydrogen-bond acceptors (Lipinski definition) is 4. The molecule has 4 unspecified atom stereocenters. The van der Waals surface area contributed by atoms with E-state index in [0.29, 0.717) is 35.9 Å². The highest BCUT2D eigenvalue weighted by Crippen LogP contribution is 2.65. The smallest absolute Gasteiger partial charge is 0.174 e. The fourth-order valence-electron chi connectivity index (χ4n) is 6.36. The summed E-state index contributed by atoms with van der Waals surface area (Å²) in [4.78, 5) is 12.7. The molecule has 1 aromatic carbocycles. The van der Waals surface area contributed by atoms with Crippen molar-refractivity contribution in [3.63, 3.8) is 0 Å². The zero-order chi connectivity index (χ0) is 17.6. The van der Waals surface area contributed by atoms with Crippen LogP contribution in [0, 0.1) is 0 Å². The molecule has 5 nitrogen and oxygen atoms in total. The summed E-state index contributed by atoms with van der Waals surface area (Å²) >= 11 is 0. The molecule has 2 aliphatic carbocycles. The number of likely N-dealkylation sites (tertiary alicyclic amines) is 1. The van der Waals surface area contributed by atoms with Gasteiger partial charge in [0.25, 0.3) is 0 Å². The van der Waals surface area contributed by atoms with Gasteiger partial charge in [-0.05, 0) is 24.6 Å². The summed E-state index contributed by atoms with van der Waals surface area (Å²) in [6.07, 6.45) is 3.39. The number of carbonyl (C=O) groups is 1. The van der Waals surface area contributed by atoms with E-state index in [1.807, 2.05) is 6.08 Å². The first-order valence-corrected chi connectivity index (χ1v) is 9.09. The summed E-state index contributed by atoms with van der Waals surface area (Å²) in [6.45, 7) is 5.53. The molecule has 2 fully saturated rings. The molecular weight excluding hydrogens is 318 g/mol. The van der Waals surface area contributed by atoms with Crippen LogP contribution in [0.15, 0.2) is 24.8 Å². The lowest BCUT2D eigenvalue weighted by Gasteiger charge is -2.64. The number of benzene rings is 1. The van der Waals surface area contributed by atoms with E-state index in [9.17, 15) is 15.0 Å². The van der Waals surface area contributed by atoms with E-state index in [2.05, 4.69) is 13.6 Å². The second-order valence-electron chi connectivity index (χ2n) is 8.44. The maximum atomic E-state index is 12.7. The van der Waals surface area contributed by atoms with Crippen LogP contribution in [0.4, 0.5) is 0 Å². The number of rotatable bonds is 2. The van der Waals surface area contributed by atoms with E-state index in [0.717, 1.165) is 24.2 Å². The highest BCUT2D eigenvalue weighted by molar-refractivity contribution is 5.89. The molecule has 2 heterocycles. The van der Waals surface area contributed by atoms with Crippen LogP contribution in [0.1, 0.15) is 30.4 Å². The molecule has 5 rings (SSSR count). The number of carbonyl (C=O) groups excluding carboxylic acids is 1. The Hall–Kier alpha value is -1.85. The van der Waals surface area contributed by atoms with Crippen LogP contribution in [-0.2, 0) is 16.6 Å². The van der Waals surface area contributed by atoms with E-state index < -0.39 is 17.1 Å². The van der Waals surface area contributed by atoms with Crippen molar-refractivity contribution < 1.29 is 24.2 Å². The Kier molecular flexibility index (Phi) is 2.75. The molecule has 1 saturated heterocycles. The molecule has 0 amide bonds. The lowest BCUT2D eigenvalue weighted by atomic mass is 9.48. The lowest BCUT2D eigenvalue weighted by molar-refractivity contribution is -0.944. The number of phenolic OH excluding ortho intramolecular Hbond substituents is 1. The number of quaternary nitrogens is 1. The van der Waals surface area contributed by atoms with Gasteiger partial charge in [0.05, 0.1) is 25.6 Å². The van der Waals surface area contributed by atoms with E-state index in [1.54, 1.807) is 12.1 Å². The average molecular weight is 342 g/mol. The predicted molar refractivity (Wildman–Crippen MR) is 91.6 cm³/mol. The van der Waals surface area contributed by atoms with Crippen molar-refractivity contribution in [2.75, 3.05) is 20.1 Å². The molecular formula is C20H24NO4+. The standard InChI is InChI=1S/C20H23NO4/c1-3-9-21(2)10-8-19-17-12-11-16(21)20(19,24)7-6-14(23)18(19)25-15(17)5-4-13(12)22/h3-5,16,18,24H,1,6-11H2,2H3/p+1/t16?,18?,19-,20?,21?/m0/s1. The third-order valence-corrected chi connectivity index (χ3v) is 7.47. The third kappa shape index (κ3) is 1.51. The number of piperidine rings is 1. The molecule has 4 aliphatic rings. The number of Topliss-reactive ketones (excluding diaryl/α,β-unsaturated/α-hetero) is 1. The molecule has 0 aromatic heterocycles. The highest BCUT2D eigenvalue weighted by Gasteiger charge is 2.76. The molecule has 2 aliphatic heterocycles. The largest absolute Gasteiger partial charge is 0.508 e. The summed E-state index contributed by atoms with van der Waals surface area (Å²) in [5, 5.41) is 22.6. The highest BCUT2D eigenvalue weighted by atomic mass is 16.5. The Morgan fingerprint density at radius 2 is 2.24 bits per heavy atom. The summed E-state index contributed by atoms with van der Waals surface area (Å²) < 4.78 is 6.78. The lowest BCUT2D eigenvalue weighted by Crippen LogP contribution is -2.80. The van der Waals surface area contributed by atoms with Gasteiger partial charge < -0.3 is 19.4 Å². The second-order valence-corrected chi connectivity index (χ2v) is 8.44. The van der Waals surface area contributed by atoms with Gasteiger partial charge in [0.1, 0.15) is 23.1 Å². The molecule has 1 spiro atoms. The van der Waals surface area contributed by atoms with Gasteiger partial charge in [0.2, 0.25) is 0 Å². The van der Waals surface area contributed by atoms with Crippen molar-refractivity contribution in [2.24, 2.45) is 0 Å². The van der Waals surface area contributed by atoms with Crippen molar-refractivity contribution in [1.29, 1.82) is 0 Å². The van der Waals surface area contributed by atoms with Crippen LogP contribution in [0.2, 0.25) is 0 Å². The number of ketones is 1. The van der Waals surface area contributed by atoms with Gasteiger partial charge in [0, 0.05) is 30.4 Å². The van der Waals surface area contributed by atoms with Gasteiger partial charge in [-0.3, -0.25) is 4.79 Å². The number of hydrogen-bond donors (Lipinski definition) is 2. The molecule has 25 heavy (non-hydrogen) atoms. The minimum atomic E-state index is -0.992. The topological polar surface area (TPSA) is 66.8 Å². The fraction of sp³-hybridized carbons (Fsp3) is 0.550. The number of ether oxygens (including phenoxy) is 1. The maximum Gasteiger partial charge on any atom is 0.174 e. The van der Waals surface area contributed by atoms with Gasteiger partial charge in [-0.15, -0.1) is 0 Å². The van der Waals surface area contributed by atoms with Crippen LogP contribution in [-0.4, -0.2) is 58.4 Å². The Morgan fingerprint density at radius 3 is 3.00 bits per heavy atom. The van der Waals surface area contributed by atoms with Crippen LogP contribution in [0.5, 0.6) is 11.5 Å². The van der Waals surface area contributed by atoms with E-state index >= 15 is 0 Å². The molecule has 1 aromatic rings. The monoisotopic (exact) mass is 342 g/mol. The number of nitrogens with zero attached hydrogens (tertiary/aromatic N) is 1. The fourth-order valence-corrected chi connectivity index (χ4v) is 6.36. The molecule has 5 heteroatoms. The molecule has 2 bridgehead atoms. The van der Waals surface area contributed by atoms with Crippen LogP contribution in [0.3, 0.4) is 0 Å². The normalized spacial score (nSPS) is 43.4.